The maximum atomic E-state index is 10.6. The maximum absolute atomic E-state index is 10.6. The Morgan fingerprint density at radius 2 is 2.14 bits per heavy atom. The fourth-order valence-corrected chi connectivity index (χ4v) is 1.31. The molecule has 1 aromatic heterocycles. The van der Waals surface area contributed by atoms with Gasteiger partial charge in [0.25, 0.3) is 0 Å². The summed E-state index contributed by atoms with van der Waals surface area (Å²) in [5.74, 6) is -0.424. The van der Waals surface area contributed by atoms with E-state index in [-0.39, 0.29) is 5.54 Å². The molecule has 0 bridgehead atoms. The van der Waals surface area contributed by atoms with Crippen molar-refractivity contribution < 1.29 is 4.79 Å². The van der Waals surface area contributed by atoms with Gasteiger partial charge < -0.3 is 10.3 Å². The van der Waals surface area contributed by atoms with Crippen LogP contribution >= 0.6 is 0 Å². The van der Waals surface area contributed by atoms with Gasteiger partial charge in [-0.25, -0.2) is 0 Å². The summed E-state index contributed by atoms with van der Waals surface area (Å²) in [6, 6.07) is 3.90. The van der Waals surface area contributed by atoms with Crippen LogP contribution in [0.1, 0.15) is 26.5 Å². The van der Waals surface area contributed by atoms with Crippen LogP contribution in [0.5, 0.6) is 0 Å². The first kappa shape index (κ1) is 10.6. The third-order valence-electron chi connectivity index (χ3n) is 1.92. The monoisotopic (exact) mass is 192 g/mol. The van der Waals surface area contributed by atoms with Gasteiger partial charge in [0.05, 0.1) is 0 Å². The molecule has 0 spiro atoms. The van der Waals surface area contributed by atoms with Gasteiger partial charge in [-0.15, -0.1) is 0 Å². The molecule has 2 N–H and O–H groups in total. The van der Waals surface area contributed by atoms with Crippen molar-refractivity contribution in [2.75, 3.05) is 0 Å². The number of amides is 1. The van der Waals surface area contributed by atoms with E-state index in [2.05, 4.69) is 25.3 Å². The molecule has 0 aliphatic heterocycles. The van der Waals surface area contributed by atoms with Gasteiger partial charge in [0.15, 0.2) is 0 Å². The van der Waals surface area contributed by atoms with Gasteiger partial charge in [0, 0.05) is 23.5 Å². The zero-order chi connectivity index (χ0) is 10.8. The minimum atomic E-state index is -0.424. The minimum Gasteiger partial charge on any atom is -0.366 e. The highest BCUT2D eigenvalue weighted by Crippen LogP contribution is 2.18. The number of nitrogens with two attached hydrogens (primary N) is 1. The number of primary amides is 1. The Labute approximate surface area is 84.2 Å². The maximum Gasteiger partial charge on any atom is 0.241 e. The SMILES string of the molecule is CC(C)(C)n1cccc1/C=C/C(N)=O. The van der Waals surface area contributed by atoms with E-state index in [9.17, 15) is 4.79 Å². The fourth-order valence-electron chi connectivity index (χ4n) is 1.31. The van der Waals surface area contributed by atoms with Crippen molar-refractivity contribution in [2.24, 2.45) is 5.73 Å². The van der Waals surface area contributed by atoms with Gasteiger partial charge in [0.2, 0.25) is 5.91 Å². The van der Waals surface area contributed by atoms with Crippen LogP contribution in [0.4, 0.5) is 0 Å². The van der Waals surface area contributed by atoms with Gasteiger partial charge in [-0.3, -0.25) is 4.79 Å². The molecule has 0 saturated heterocycles. The topological polar surface area (TPSA) is 48.0 Å². The van der Waals surface area contributed by atoms with Crippen molar-refractivity contribution in [1.82, 2.24) is 4.57 Å². The molecule has 14 heavy (non-hydrogen) atoms. The van der Waals surface area contributed by atoms with Crippen LogP contribution in [0.2, 0.25) is 0 Å². The first-order valence-electron chi connectivity index (χ1n) is 4.56. The average molecular weight is 192 g/mol. The highest BCUT2D eigenvalue weighted by atomic mass is 16.1. The number of rotatable bonds is 2. The van der Waals surface area contributed by atoms with Gasteiger partial charge in [-0.1, -0.05) is 0 Å². The van der Waals surface area contributed by atoms with Crippen LogP contribution in [-0.4, -0.2) is 10.5 Å². The molecule has 1 amide bonds. The van der Waals surface area contributed by atoms with Crippen LogP contribution in [0.25, 0.3) is 6.08 Å². The molecule has 1 rings (SSSR count). The summed E-state index contributed by atoms with van der Waals surface area (Å²) in [5.41, 5.74) is 6.03. The molecule has 0 fully saturated rings. The lowest BCUT2D eigenvalue weighted by Gasteiger charge is -2.23. The summed E-state index contributed by atoms with van der Waals surface area (Å²) in [6.45, 7) is 6.32. The molecule has 0 aromatic carbocycles. The molecule has 0 atom stereocenters. The zero-order valence-electron chi connectivity index (χ0n) is 8.82. The number of carbonyl (C=O) groups is 1. The highest BCUT2D eigenvalue weighted by molar-refractivity contribution is 5.90. The van der Waals surface area contributed by atoms with Gasteiger partial charge in [0.1, 0.15) is 0 Å². The van der Waals surface area contributed by atoms with Gasteiger partial charge in [-0.05, 0) is 39.0 Å². The second kappa shape index (κ2) is 3.70. The van der Waals surface area contributed by atoms with Crippen LogP contribution in [0, 0.1) is 0 Å². The lowest BCUT2D eigenvalue weighted by Crippen LogP contribution is -2.21. The van der Waals surface area contributed by atoms with Crippen molar-refractivity contribution in [3.8, 4) is 0 Å². The molecular weight excluding hydrogens is 176 g/mol. The Morgan fingerprint density at radius 3 is 2.64 bits per heavy atom. The lowest BCUT2D eigenvalue weighted by molar-refractivity contribution is -0.113. The lowest BCUT2D eigenvalue weighted by atomic mass is 10.1. The fraction of sp³-hybridized carbons (Fsp3) is 0.364. The number of aromatic nitrogens is 1. The Kier molecular flexibility index (Phi) is 2.79. The summed E-state index contributed by atoms with van der Waals surface area (Å²) in [7, 11) is 0. The largest absolute Gasteiger partial charge is 0.366 e. The number of hydrogen-bond donors (Lipinski definition) is 1. The average Bonchev–Trinajstić information content (AvgIpc) is 2.46. The van der Waals surface area contributed by atoms with Crippen LogP contribution in [-0.2, 0) is 10.3 Å². The smallest absolute Gasteiger partial charge is 0.241 e. The van der Waals surface area contributed by atoms with Crippen LogP contribution in [0.15, 0.2) is 24.4 Å². The number of nitrogens with zero attached hydrogens (tertiary/aromatic N) is 1. The summed E-state index contributed by atoms with van der Waals surface area (Å²) < 4.78 is 2.09. The van der Waals surface area contributed by atoms with E-state index < -0.39 is 5.91 Å². The first-order valence-corrected chi connectivity index (χ1v) is 4.56. The molecule has 0 radical (unpaired) electrons. The summed E-state index contributed by atoms with van der Waals surface area (Å²) in [5, 5.41) is 0. The Balaban J connectivity index is 3.00. The van der Waals surface area contributed by atoms with Crippen molar-refractivity contribution in [2.45, 2.75) is 26.3 Å². The zero-order valence-corrected chi connectivity index (χ0v) is 8.82. The predicted octanol–water partition coefficient (Wildman–Crippen LogP) is 1.74. The molecular formula is C11H16N2O. The van der Waals surface area contributed by atoms with Crippen LogP contribution in [0.3, 0.4) is 0 Å². The van der Waals surface area contributed by atoms with E-state index in [1.54, 1.807) is 6.08 Å². The Morgan fingerprint density at radius 1 is 1.50 bits per heavy atom. The van der Waals surface area contributed by atoms with Crippen molar-refractivity contribution in [3.63, 3.8) is 0 Å². The van der Waals surface area contributed by atoms with E-state index in [0.29, 0.717) is 0 Å². The Bertz CT molecular complexity index is 356. The molecule has 0 saturated carbocycles. The summed E-state index contributed by atoms with van der Waals surface area (Å²) in [6.07, 6.45) is 5.09. The highest BCUT2D eigenvalue weighted by Gasteiger charge is 2.13. The third-order valence-corrected chi connectivity index (χ3v) is 1.92. The van der Waals surface area contributed by atoms with Gasteiger partial charge >= 0.3 is 0 Å². The second-order valence-corrected chi connectivity index (χ2v) is 4.21. The summed E-state index contributed by atoms with van der Waals surface area (Å²) >= 11 is 0. The second-order valence-electron chi connectivity index (χ2n) is 4.21. The first-order chi connectivity index (χ1) is 6.41. The molecule has 1 heterocycles. The van der Waals surface area contributed by atoms with Crippen molar-refractivity contribution >= 4 is 12.0 Å². The quantitative estimate of drug-likeness (QED) is 0.713. The third kappa shape index (κ3) is 2.49. The van der Waals surface area contributed by atoms with E-state index >= 15 is 0 Å². The number of carbonyl (C=O) groups excluding carboxylic acids is 1. The van der Waals surface area contributed by atoms with Crippen LogP contribution < -0.4 is 5.73 Å². The van der Waals surface area contributed by atoms with E-state index in [4.69, 9.17) is 5.73 Å². The van der Waals surface area contributed by atoms with Crippen molar-refractivity contribution in [1.29, 1.82) is 0 Å². The predicted molar refractivity (Wildman–Crippen MR) is 57.7 cm³/mol. The summed E-state index contributed by atoms with van der Waals surface area (Å²) in [4.78, 5) is 10.6. The van der Waals surface area contributed by atoms with E-state index in [0.717, 1.165) is 5.69 Å². The van der Waals surface area contributed by atoms with Gasteiger partial charge in [-0.2, -0.15) is 0 Å². The molecule has 0 aliphatic carbocycles. The molecule has 3 heteroatoms. The molecule has 76 valence electrons. The van der Waals surface area contributed by atoms with E-state index in [1.165, 1.54) is 6.08 Å². The number of hydrogen-bond acceptors (Lipinski definition) is 1. The molecule has 3 nitrogen and oxygen atoms in total. The Hall–Kier alpha value is -1.51. The standard InChI is InChI=1S/C11H16N2O/c1-11(2,3)13-8-4-5-9(13)6-7-10(12)14/h4-8H,1-3H3,(H2,12,14)/b7-6+. The van der Waals surface area contributed by atoms with Crippen molar-refractivity contribution in [3.05, 3.63) is 30.1 Å². The minimum absolute atomic E-state index is 0.0147. The molecule has 0 unspecified atom stereocenters. The molecule has 0 aliphatic rings. The normalized spacial score (nSPS) is 12.2. The van der Waals surface area contributed by atoms with E-state index in [1.807, 2.05) is 18.3 Å². The molecule has 1 aromatic rings.